The van der Waals surface area contributed by atoms with E-state index in [1.807, 2.05) is 54.6 Å². The Labute approximate surface area is 201 Å². The maximum Gasteiger partial charge on any atom is 0.175 e. The minimum Gasteiger partial charge on any atom is -0.493 e. The molecule has 32 heavy (non-hydrogen) atoms. The Morgan fingerprint density at radius 2 is 1.56 bits per heavy atom. The fourth-order valence-electron chi connectivity index (χ4n) is 2.94. The van der Waals surface area contributed by atoms with E-state index in [1.165, 1.54) is 0 Å². The van der Waals surface area contributed by atoms with Gasteiger partial charge in [-0.05, 0) is 69.0 Å². The highest BCUT2D eigenvalue weighted by molar-refractivity contribution is 9.10. The summed E-state index contributed by atoms with van der Waals surface area (Å²) in [6, 6.07) is 17.0. The van der Waals surface area contributed by atoms with Crippen LogP contribution >= 0.6 is 27.5 Å². The zero-order valence-electron chi connectivity index (χ0n) is 18.0. The van der Waals surface area contributed by atoms with E-state index in [4.69, 9.17) is 30.5 Å². The van der Waals surface area contributed by atoms with Crippen LogP contribution in [-0.4, -0.2) is 27.5 Å². The van der Waals surface area contributed by atoms with Crippen LogP contribution in [0.15, 0.2) is 64.2 Å². The number of benzene rings is 3. The lowest BCUT2D eigenvalue weighted by molar-refractivity contribution is 0.282. The molecule has 3 aromatic rings. The molecule has 0 unspecified atom stereocenters. The summed E-state index contributed by atoms with van der Waals surface area (Å²) < 4.78 is 22.8. The first-order chi connectivity index (χ1) is 15.5. The number of nitrogens with one attached hydrogen (secondary N) is 1. The largest absolute Gasteiger partial charge is 0.493 e. The Balaban J connectivity index is 1.63. The standard InChI is InChI=1S/C24H24BrClN2O4/c1-29-21-9-6-17(11-22(21)30-2)13-27-28-14-18-10-20(25)24(23(12-18)31-3)32-15-16-4-7-19(26)8-5-16/h4-12,14,27H,13,15H2,1-3H3/b28-14-. The van der Waals surface area contributed by atoms with E-state index in [1.54, 1.807) is 27.5 Å². The molecule has 0 aliphatic carbocycles. The van der Waals surface area contributed by atoms with Crippen LogP contribution in [0.25, 0.3) is 0 Å². The highest BCUT2D eigenvalue weighted by Crippen LogP contribution is 2.37. The van der Waals surface area contributed by atoms with Gasteiger partial charge in [0, 0.05) is 5.02 Å². The summed E-state index contributed by atoms with van der Waals surface area (Å²) in [4.78, 5) is 0. The molecular formula is C24H24BrClN2O4. The van der Waals surface area contributed by atoms with E-state index in [0.717, 1.165) is 21.2 Å². The molecule has 0 amide bonds. The number of nitrogens with zero attached hydrogens (tertiary/aromatic N) is 1. The van der Waals surface area contributed by atoms with Gasteiger partial charge in [0.05, 0.1) is 38.6 Å². The van der Waals surface area contributed by atoms with E-state index < -0.39 is 0 Å². The molecule has 0 bridgehead atoms. The Hall–Kier alpha value is -2.90. The van der Waals surface area contributed by atoms with Gasteiger partial charge in [0.15, 0.2) is 23.0 Å². The van der Waals surface area contributed by atoms with Crippen molar-refractivity contribution >= 4 is 33.7 Å². The van der Waals surface area contributed by atoms with Crippen LogP contribution < -0.4 is 24.4 Å². The minimum absolute atomic E-state index is 0.395. The maximum atomic E-state index is 5.97. The Kier molecular flexibility index (Phi) is 8.64. The van der Waals surface area contributed by atoms with Crippen molar-refractivity contribution in [1.82, 2.24) is 5.43 Å². The third-order valence-corrected chi connectivity index (χ3v) is 5.43. The highest BCUT2D eigenvalue weighted by Gasteiger charge is 2.12. The van der Waals surface area contributed by atoms with Gasteiger partial charge in [0.1, 0.15) is 6.61 Å². The zero-order valence-corrected chi connectivity index (χ0v) is 20.4. The number of hydrogen-bond donors (Lipinski definition) is 1. The van der Waals surface area contributed by atoms with Crippen molar-refractivity contribution in [2.24, 2.45) is 5.10 Å². The molecule has 0 saturated carbocycles. The molecule has 0 aliphatic heterocycles. The van der Waals surface area contributed by atoms with Gasteiger partial charge >= 0.3 is 0 Å². The van der Waals surface area contributed by atoms with E-state index in [0.29, 0.717) is 41.2 Å². The highest BCUT2D eigenvalue weighted by atomic mass is 79.9. The van der Waals surface area contributed by atoms with Gasteiger partial charge < -0.3 is 24.4 Å². The first kappa shape index (κ1) is 23.8. The lowest BCUT2D eigenvalue weighted by Crippen LogP contribution is -2.06. The van der Waals surface area contributed by atoms with Gasteiger partial charge in [0.25, 0.3) is 0 Å². The molecule has 6 nitrogen and oxygen atoms in total. The third-order valence-electron chi connectivity index (χ3n) is 4.58. The van der Waals surface area contributed by atoms with Crippen LogP contribution in [0.4, 0.5) is 0 Å². The van der Waals surface area contributed by atoms with Crippen molar-refractivity contribution in [2.45, 2.75) is 13.2 Å². The molecule has 0 saturated heterocycles. The summed E-state index contributed by atoms with van der Waals surface area (Å²) in [7, 11) is 4.83. The minimum atomic E-state index is 0.395. The van der Waals surface area contributed by atoms with Crippen molar-refractivity contribution in [3.63, 3.8) is 0 Å². The quantitative estimate of drug-likeness (QED) is 0.270. The molecule has 0 aromatic heterocycles. The zero-order chi connectivity index (χ0) is 22.9. The second-order valence-corrected chi connectivity index (χ2v) is 8.02. The van der Waals surface area contributed by atoms with Crippen LogP contribution in [0.5, 0.6) is 23.0 Å². The molecule has 3 rings (SSSR count). The van der Waals surface area contributed by atoms with Crippen molar-refractivity contribution in [3.05, 3.63) is 80.8 Å². The molecule has 0 aliphatic rings. The monoisotopic (exact) mass is 518 g/mol. The first-order valence-corrected chi connectivity index (χ1v) is 10.9. The molecule has 1 N–H and O–H groups in total. The molecule has 8 heteroatoms. The summed E-state index contributed by atoms with van der Waals surface area (Å²) in [5, 5.41) is 5.00. The van der Waals surface area contributed by atoms with E-state index in [-0.39, 0.29) is 0 Å². The fraction of sp³-hybridized carbons (Fsp3) is 0.208. The average Bonchev–Trinajstić information content (AvgIpc) is 2.81. The molecule has 168 valence electrons. The number of methoxy groups -OCH3 is 3. The molecule has 0 spiro atoms. The lowest BCUT2D eigenvalue weighted by Gasteiger charge is -2.13. The number of hydrazone groups is 1. The molecule has 0 atom stereocenters. The molecule has 0 radical (unpaired) electrons. The van der Waals surface area contributed by atoms with Crippen molar-refractivity contribution < 1.29 is 18.9 Å². The van der Waals surface area contributed by atoms with Crippen LogP contribution in [0, 0.1) is 0 Å². The third kappa shape index (κ3) is 6.31. The second kappa shape index (κ2) is 11.6. The SMILES string of the molecule is COc1ccc(CN/N=C\c2cc(Br)c(OCc3ccc(Cl)cc3)c(OC)c2)cc1OC. The van der Waals surface area contributed by atoms with Gasteiger partial charge in [-0.2, -0.15) is 5.10 Å². The van der Waals surface area contributed by atoms with Gasteiger partial charge in [-0.3, -0.25) is 0 Å². The summed E-state index contributed by atoms with van der Waals surface area (Å²) in [5.74, 6) is 2.60. The van der Waals surface area contributed by atoms with Crippen molar-refractivity contribution in [3.8, 4) is 23.0 Å². The topological polar surface area (TPSA) is 61.3 Å². The van der Waals surface area contributed by atoms with E-state index in [9.17, 15) is 0 Å². The van der Waals surface area contributed by atoms with Gasteiger partial charge in [-0.25, -0.2) is 0 Å². The predicted octanol–water partition coefficient (Wildman–Crippen LogP) is 5.83. The fourth-order valence-corrected chi connectivity index (χ4v) is 3.64. The number of ether oxygens (including phenoxy) is 4. The van der Waals surface area contributed by atoms with Crippen molar-refractivity contribution in [2.75, 3.05) is 21.3 Å². The van der Waals surface area contributed by atoms with Crippen molar-refractivity contribution in [1.29, 1.82) is 0 Å². The van der Waals surface area contributed by atoms with Gasteiger partial charge in [-0.1, -0.05) is 29.8 Å². The first-order valence-electron chi connectivity index (χ1n) is 9.75. The van der Waals surface area contributed by atoms with Crippen LogP contribution in [-0.2, 0) is 13.2 Å². The summed E-state index contributed by atoms with van der Waals surface area (Å²) in [6.45, 7) is 0.934. The molecule has 0 heterocycles. The van der Waals surface area contributed by atoms with Gasteiger partial charge in [0.2, 0.25) is 0 Å². The number of rotatable bonds is 10. The Morgan fingerprint density at radius 1 is 0.875 bits per heavy atom. The summed E-state index contributed by atoms with van der Waals surface area (Å²) in [5.41, 5.74) is 5.92. The maximum absolute atomic E-state index is 5.97. The van der Waals surface area contributed by atoms with Gasteiger partial charge in [-0.15, -0.1) is 0 Å². The second-order valence-electron chi connectivity index (χ2n) is 6.73. The molecule has 3 aromatic carbocycles. The number of hydrogen-bond acceptors (Lipinski definition) is 6. The average molecular weight is 520 g/mol. The number of halogens is 2. The van der Waals surface area contributed by atoms with Crippen LogP contribution in [0.3, 0.4) is 0 Å². The van der Waals surface area contributed by atoms with Crippen LogP contribution in [0.2, 0.25) is 5.02 Å². The van der Waals surface area contributed by atoms with E-state index >= 15 is 0 Å². The van der Waals surface area contributed by atoms with Crippen LogP contribution in [0.1, 0.15) is 16.7 Å². The van der Waals surface area contributed by atoms with E-state index in [2.05, 4.69) is 26.5 Å². The Bertz CT molecular complexity index is 1070. The normalized spacial score (nSPS) is 10.8. The summed E-state index contributed by atoms with van der Waals surface area (Å²) in [6.07, 6.45) is 1.72. The predicted molar refractivity (Wildman–Crippen MR) is 130 cm³/mol. The Morgan fingerprint density at radius 3 is 2.25 bits per heavy atom. The smallest absolute Gasteiger partial charge is 0.175 e. The molecule has 0 fully saturated rings. The lowest BCUT2D eigenvalue weighted by atomic mass is 10.2. The molecular weight excluding hydrogens is 496 g/mol. The summed E-state index contributed by atoms with van der Waals surface area (Å²) >= 11 is 9.50.